The molecule has 0 aromatic carbocycles. The Balaban J connectivity index is 1.74. The third-order valence-electron chi connectivity index (χ3n) is 4.73. The summed E-state index contributed by atoms with van der Waals surface area (Å²) in [4.78, 5) is 12.9. The fourth-order valence-electron chi connectivity index (χ4n) is 3.09. The van der Waals surface area contributed by atoms with Crippen molar-refractivity contribution in [2.75, 3.05) is 6.61 Å². The van der Waals surface area contributed by atoms with Gasteiger partial charge in [0.05, 0.1) is 29.0 Å². The molecule has 0 aliphatic heterocycles. The van der Waals surface area contributed by atoms with Crippen LogP contribution < -0.4 is 4.74 Å². The smallest absolute Gasteiger partial charge is 0.213 e. The van der Waals surface area contributed by atoms with E-state index in [-0.39, 0.29) is 0 Å². The second kappa shape index (κ2) is 5.93. The molecule has 0 saturated heterocycles. The highest BCUT2D eigenvalue weighted by molar-refractivity contribution is 5.83. The van der Waals surface area contributed by atoms with Crippen molar-refractivity contribution < 1.29 is 4.74 Å². The number of nitrogens with one attached hydrogen (secondary N) is 1. The fraction of sp³-hybridized carbons (Fsp3) is 0.400. The molecule has 3 aromatic rings. The molecule has 0 unspecified atom stereocenters. The first-order chi connectivity index (χ1) is 11.7. The number of aryl methyl sites for hydroxylation is 3. The zero-order chi connectivity index (χ0) is 16.7. The number of fused-ring (bicyclic) bond motifs is 1. The molecule has 0 bridgehead atoms. The van der Waals surface area contributed by atoms with Gasteiger partial charge in [0.1, 0.15) is 0 Å². The Kier molecular flexibility index (Phi) is 3.75. The topological polar surface area (TPSA) is 50.8 Å². The van der Waals surface area contributed by atoms with E-state index in [2.05, 4.69) is 37.9 Å². The monoisotopic (exact) mass is 321 g/mol. The van der Waals surface area contributed by atoms with Crippen LogP contribution in [0.4, 0.5) is 0 Å². The lowest BCUT2D eigenvalue weighted by molar-refractivity contribution is 0.288. The number of hydrogen-bond acceptors (Lipinski definition) is 3. The molecule has 1 N–H and O–H groups in total. The molecule has 3 heterocycles. The van der Waals surface area contributed by atoms with Crippen molar-refractivity contribution in [3.8, 4) is 17.1 Å². The van der Waals surface area contributed by atoms with Crippen LogP contribution >= 0.6 is 0 Å². The van der Waals surface area contributed by atoms with Crippen molar-refractivity contribution >= 4 is 11.0 Å². The first kappa shape index (κ1) is 15.2. The number of ether oxygens (including phenoxy) is 1. The first-order valence-corrected chi connectivity index (χ1v) is 8.74. The van der Waals surface area contributed by atoms with Gasteiger partial charge in [-0.2, -0.15) is 0 Å². The standard InChI is InChI=1S/C20H23N3O/c1-4-16-15(7-8-18(22-16)24-11-14-5-6-14)19-12(2)9-17-20(23-19)13(3)10-21-17/h7-10,14,21H,4-6,11H2,1-3H3. The van der Waals surface area contributed by atoms with E-state index >= 15 is 0 Å². The summed E-state index contributed by atoms with van der Waals surface area (Å²) in [6.07, 6.45) is 5.45. The van der Waals surface area contributed by atoms with Crippen molar-refractivity contribution in [2.24, 2.45) is 5.92 Å². The summed E-state index contributed by atoms with van der Waals surface area (Å²) in [7, 11) is 0. The fourth-order valence-corrected chi connectivity index (χ4v) is 3.09. The number of aromatic nitrogens is 3. The third-order valence-corrected chi connectivity index (χ3v) is 4.73. The van der Waals surface area contributed by atoms with Crippen LogP contribution in [0, 0.1) is 19.8 Å². The Labute approximate surface area is 142 Å². The number of rotatable bonds is 5. The van der Waals surface area contributed by atoms with Gasteiger partial charge in [0, 0.05) is 17.8 Å². The van der Waals surface area contributed by atoms with Crippen LogP contribution in [0.2, 0.25) is 0 Å². The van der Waals surface area contributed by atoms with Crippen molar-refractivity contribution in [2.45, 2.75) is 40.0 Å². The number of H-pyrrole nitrogens is 1. The van der Waals surface area contributed by atoms with Gasteiger partial charge in [0.25, 0.3) is 0 Å². The van der Waals surface area contributed by atoms with Gasteiger partial charge in [0.15, 0.2) is 0 Å². The van der Waals surface area contributed by atoms with Gasteiger partial charge in [-0.1, -0.05) is 6.92 Å². The summed E-state index contributed by atoms with van der Waals surface area (Å²) < 4.78 is 5.83. The van der Waals surface area contributed by atoms with Crippen molar-refractivity contribution in [1.82, 2.24) is 15.0 Å². The second-order valence-corrected chi connectivity index (χ2v) is 6.77. The lowest BCUT2D eigenvalue weighted by Crippen LogP contribution is -2.03. The predicted octanol–water partition coefficient (Wildman–Crippen LogP) is 4.59. The average molecular weight is 321 g/mol. The van der Waals surface area contributed by atoms with Gasteiger partial charge < -0.3 is 9.72 Å². The van der Waals surface area contributed by atoms with Crippen molar-refractivity contribution in [1.29, 1.82) is 0 Å². The highest BCUT2D eigenvalue weighted by Crippen LogP contribution is 2.31. The van der Waals surface area contributed by atoms with Crippen molar-refractivity contribution in [3.05, 3.63) is 41.2 Å². The molecule has 3 aromatic heterocycles. The van der Waals surface area contributed by atoms with Crippen LogP contribution in [0.1, 0.15) is 36.6 Å². The Morgan fingerprint density at radius 3 is 2.75 bits per heavy atom. The Hall–Kier alpha value is -2.36. The van der Waals surface area contributed by atoms with Gasteiger partial charge in [-0.05, 0) is 62.3 Å². The minimum absolute atomic E-state index is 0.735. The van der Waals surface area contributed by atoms with Gasteiger partial charge in [-0.15, -0.1) is 0 Å². The first-order valence-electron chi connectivity index (χ1n) is 8.74. The van der Waals surface area contributed by atoms with E-state index in [1.165, 1.54) is 18.4 Å². The molecule has 4 heteroatoms. The minimum Gasteiger partial charge on any atom is -0.477 e. The molecule has 4 rings (SSSR count). The molecule has 124 valence electrons. The second-order valence-electron chi connectivity index (χ2n) is 6.77. The SMILES string of the molecule is CCc1nc(OCC2CC2)ccc1-c1nc2c(C)c[nH]c2cc1C. The molecule has 24 heavy (non-hydrogen) atoms. The molecular weight excluding hydrogens is 298 g/mol. The molecule has 1 fully saturated rings. The van der Waals surface area contributed by atoms with E-state index in [0.717, 1.165) is 58.4 Å². The molecule has 0 atom stereocenters. The zero-order valence-corrected chi connectivity index (χ0v) is 14.5. The highest BCUT2D eigenvalue weighted by atomic mass is 16.5. The van der Waals surface area contributed by atoms with Crippen LogP contribution in [0.5, 0.6) is 5.88 Å². The summed E-state index contributed by atoms with van der Waals surface area (Å²) in [5.41, 5.74) is 7.62. The van der Waals surface area contributed by atoms with Gasteiger partial charge in [-0.25, -0.2) is 9.97 Å². The van der Waals surface area contributed by atoms with Gasteiger partial charge in [0.2, 0.25) is 5.88 Å². The minimum atomic E-state index is 0.735. The molecule has 1 aliphatic rings. The number of hydrogen-bond donors (Lipinski definition) is 1. The highest BCUT2D eigenvalue weighted by Gasteiger charge is 2.22. The van der Waals surface area contributed by atoms with E-state index < -0.39 is 0 Å². The normalized spacial score (nSPS) is 14.3. The Bertz CT molecular complexity index is 893. The number of nitrogens with zero attached hydrogens (tertiary/aromatic N) is 2. The summed E-state index contributed by atoms with van der Waals surface area (Å²) in [5.74, 6) is 1.47. The maximum atomic E-state index is 5.83. The lowest BCUT2D eigenvalue weighted by Gasteiger charge is -2.12. The third kappa shape index (κ3) is 2.77. The predicted molar refractivity (Wildman–Crippen MR) is 96.4 cm³/mol. The molecule has 0 radical (unpaired) electrons. The molecule has 1 saturated carbocycles. The quantitative estimate of drug-likeness (QED) is 0.747. The Morgan fingerprint density at radius 2 is 2.00 bits per heavy atom. The molecule has 0 amide bonds. The summed E-state index contributed by atoms with van der Waals surface area (Å²) in [6, 6.07) is 6.25. The molecule has 0 spiro atoms. The van der Waals surface area contributed by atoms with E-state index in [1.807, 2.05) is 12.3 Å². The average Bonchev–Trinajstić information content (AvgIpc) is 3.36. The van der Waals surface area contributed by atoms with Crippen LogP contribution in [0.3, 0.4) is 0 Å². The van der Waals surface area contributed by atoms with E-state index in [0.29, 0.717) is 0 Å². The van der Waals surface area contributed by atoms with E-state index in [1.54, 1.807) is 0 Å². The van der Waals surface area contributed by atoms with Crippen LogP contribution in [-0.4, -0.2) is 21.6 Å². The summed E-state index contributed by atoms with van der Waals surface area (Å²) in [5, 5.41) is 0. The molecule has 1 aliphatic carbocycles. The van der Waals surface area contributed by atoms with Crippen molar-refractivity contribution in [3.63, 3.8) is 0 Å². The van der Waals surface area contributed by atoms with Crippen LogP contribution in [0.25, 0.3) is 22.3 Å². The lowest BCUT2D eigenvalue weighted by atomic mass is 10.0. The van der Waals surface area contributed by atoms with Gasteiger partial charge in [-0.3, -0.25) is 0 Å². The molecule has 4 nitrogen and oxygen atoms in total. The number of aromatic amines is 1. The number of pyridine rings is 2. The maximum Gasteiger partial charge on any atom is 0.213 e. The van der Waals surface area contributed by atoms with E-state index in [9.17, 15) is 0 Å². The van der Waals surface area contributed by atoms with E-state index in [4.69, 9.17) is 14.7 Å². The maximum absolute atomic E-state index is 5.83. The van der Waals surface area contributed by atoms with Crippen LogP contribution in [-0.2, 0) is 6.42 Å². The Morgan fingerprint density at radius 1 is 1.17 bits per heavy atom. The van der Waals surface area contributed by atoms with Crippen LogP contribution in [0.15, 0.2) is 24.4 Å². The summed E-state index contributed by atoms with van der Waals surface area (Å²) >= 11 is 0. The summed E-state index contributed by atoms with van der Waals surface area (Å²) in [6.45, 7) is 7.11. The largest absolute Gasteiger partial charge is 0.477 e. The zero-order valence-electron chi connectivity index (χ0n) is 14.5. The van der Waals surface area contributed by atoms with Gasteiger partial charge >= 0.3 is 0 Å². The molecular formula is C20H23N3O.